The van der Waals surface area contributed by atoms with Crippen LogP contribution in [0.1, 0.15) is 18.6 Å². The summed E-state index contributed by atoms with van der Waals surface area (Å²) in [6.45, 7) is 3.16. The normalized spacial score (nSPS) is 17.2. The first-order chi connectivity index (χ1) is 13.6. The largest absolute Gasteiger partial charge is 0.374 e. The van der Waals surface area contributed by atoms with Crippen LogP contribution in [0.5, 0.6) is 0 Å². The molecule has 1 atom stereocenters. The summed E-state index contributed by atoms with van der Waals surface area (Å²) >= 11 is 0. The number of rotatable bonds is 5. The second-order valence-electron chi connectivity index (χ2n) is 6.69. The summed E-state index contributed by atoms with van der Waals surface area (Å²) in [5.74, 6) is 0.990. The van der Waals surface area contributed by atoms with Crippen LogP contribution in [0.25, 0.3) is 10.8 Å². The molecule has 1 amide bonds. The lowest BCUT2D eigenvalue weighted by molar-refractivity contribution is -0.139. The minimum absolute atomic E-state index is 0.0986. The molecule has 0 unspecified atom stereocenters. The van der Waals surface area contributed by atoms with Crippen LogP contribution in [0.2, 0.25) is 0 Å². The van der Waals surface area contributed by atoms with Gasteiger partial charge in [0.1, 0.15) is 6.54 Å². The Morgan fingerprint density at radius 2 is 2.18 bits per heavy atom. The molecular formula is C19H21N5O4. The van der Waals surface area contributed by atoms with Crippen molar-refractivity contribution in [3.8, 4) is 0 Å². The van der Waals surface area contributed by atoms with Crippen LogP contribution in [-0.4, -0.2) is 56.5 Å². The van der Waals surface area contributed by atoms with E-state index in [2.05, 4.69) is 15.2 Å². The zero-order valence-electron chi connectivity index (χ0n) is 15.6. The first-order valence-electron chi connectivity index (χ1n) is 9.29. The SMILES string of the molecule is CCc1nc(C[C@@H]2CN(C(=O)Cn3ncc4ccccc4c3=O)CCO2)no1. The van der Waals surface area contributed by atoms with Gasteiger partial charge in [0.25, 0.3) is 5.56 Å². The number of carbonyl (C=O) groups is 1. The van der Waals surface area contributed by atoms with Gasteiger partial charge in [0.2, 0.25) is 11.8 Å². The molecule has 1 fully saturated rings. The summed E-state index contributed by atoms with van der Waals surface area (Å²) in [4.78, 5) is 31.3. The van der Waals surface area contributed by atoms with Crippen LogP contribution in [0.4, 0.5) is 0 Å². The Labute approximate surface area is 160 Å². The summed E-state index contributed by atoms with van der Waals surface area (Å²) in [5.41, 5.74) is -0.268. The van der Waals surface area contributed by atoms with Gasteiger partial charge in [0.15, 0.2) is 5.82 Å². The standard InChI is InChI=1S/C19H21N5O4/c1-2-17-21-16(22-28-17)9-14-11-23(7-8-27-14)18(25)12-24-19(26)15-6-4-3-5-13(15)10-20-24/h3-6,10,14H,2,7-9,11-12H2,1H3/t14-/m1/s1. The monoisotopic (exact) mass is 383 g/mol. The lowest BCUT2D eigenvalue weighted by atomic mass is 10.2. The molecule has 0 bridgehead atoms. The summed E-state index contributed by atoms with van der Waals surface area (Å²) in [6, 6.07) is 7.20. The summed E-state index contributed by atoms with van der Waals surface area (Å²) in [5, 5.41) is 9.38. The quantitative estimate of drug-likeness (QED) is 0.642. The predicted octanol–water partition coefficient (Wildman–Crippen LogP) is 0.812. The fourth-order valence-corrected chi connectivity index (χ4v) is 3.26. The highest BCUT2D eigenvalue weighted by Crippen LogP contribution is 2.12. The molecular weight excluding hydrogens is 362 g/mol. The van der Waals surface area contributed by atoms with Gasteiger partial charge >= 0.3 is 0 Å². The van der Waals surface area contributed by atoms with Crippen molar-refractivity contribution in [3.63, 3.8) is 0 Å². The topological polar surface area (TPSA) is 103 Å². The first-order valence-corrected chi connectivity index (χ1v) is 9.29. The Morgan fingerprint density at radius 3 is 3.00 bits per heavy atom. The number of aryl methyl sites for hydroxylation is 1. The van der Waals surface area contributed by atoms with E-state index in [1.807, 2.05) is 19.1 Å². The maximum Gasteiger partial charge on any atom is 0.275 e. The molecule has 0 radical (unpaired) electrons. The van der Waals surface area contributed by atoms with Crippen molar-refractivity contribution in [2.75, 3.05) is 19.7 Å². The minimum Gasteiger partial charge on any atom is -0.374 e. The van der Waals surface area contributed by atoms with Crippen molar-refractivity contribution in [2.45, 2.75) is 32.4 Å². The lowest BCUT2D eigenvalue weighted by Crippen LogP contribution is -2.48. The Bertz CT molecular complexity index is 1040. The molecule has 0 N–H and O–H groups in total. The van der Waals surface area contributed by atoms with Crippen molar-refractivity contribution < 1.29 is 14.1 Å². The molecule has 3 heterocycles. The Kier molecular flexibility index (Phi) is 5.16. The lowest BCUT2D eigenvalue weighted by Gasteiger charge is -2.32. The molecule has 1 saturated heterocycles. The number of ether oxygens (including phenoxy) is 1. The van der Waals surface area contributed by atoms with Crippen LogP contribution in [0.15, 0.2) is 39.8 Å². The third-order valence-corrected chi connectivity index (χ3v) is 4.76. The summed E-state index contributed by atoms with van der Waals surface area (Å²) < 4.78 is 12.1. The van der Waals surface area contributed by atoms with Gasteiger partial charge in [-0.1, -0.05) is 30.3 Å². The van der Waals surface area contributed by atoms with Crippen molar-refractivity contribution in [2.24, 2.45) is 0 Å². The molecule has 1 aliphatic rings. The van der Waals surface area contributed by atoms with Gasteiger partial charge in [-0.05, 0) is 6.07 Å². The molecule has 0 aliphatic carbocycles. The number of hydrogen-bond acceptors (Lipinski definition) is 7. The van der Waals surface area contributed by atoms with Gasteiger partial charge in [-0.3, -0.25) is 9.59 Å². The fraction of sp³-hybridized carbons (Fsp3) is 0.421. The van der Waals surface area contributed by atoms with Crippen LogP contribution in [0.3, 0.4) is 0 Å². The third-order valence-electron chi connectivity index (χ3n) is 4.76. The molecule has 4 rings (SSSR count). The molecule has 0 saturated carbocycles. The average molecular weight is 383 g/mol. The van der Waals surface area contributed by atoms with E-state index in [4.69, 9.17) is 9.26 Å². The van der Waals surface area contributed by atoms with Crippen molar-refractivity contribution in [3.05, 3.63) is 52.5 Å². The highest BCUT2D eigenvalue weighted by atomic mass is 16.5. The average Bonchev–Trinajstić information content (AvgIpc) is 3.18. The third kappa shape index (κ3) is 3.79. The second-order valence-corrected chi connectivity index (χ2v) is 6.69. The van der Waals surface area contributed by atoms with E-state index in [-0.39, 0.29) is 24.1 Å². The number of morpholine rings is 1. The number of fused-ring (bicyclic) bond motifs is 1. The zero-order chi connectivity index (χ0) is 19.5. The number of amides is 1. The number of benzene rings is 1. The number of aromatic nitrogens is 4. The maximum absolute atomic E-state index is 12.7. The maximum atomic E-state index is 12.7. The highest BCUT2D eigenvalue weighted by molar-refractivity contribution is 5.81. The smallest absolute Gasteiger partial charge is 0.275 e. The first kappa shape index (κ1) is 18.3. The van der Waals surface area contributed by atoms with E-state index in [9.17, 15) is 9.59 Å². The van der Waals surface area contributed by atoms with E-state index in [0.717, 1.165) is 5.39 Å². The van der Waals surface area contributed by atoms with Gasteiger partial charge in [0, 0.05) is 31.3 Å². The molecule has 28 heavy (non-hydrogen) atoms. The van der Waals surface area contributed by atoms with Gasteiger partial charge in [-0.2, -0.15) is 10.1 Å². The zero-order valence-corrected chi connectivity index (χ0v) is 15.6. The van der Waals surface area contributed by atoms with Crippen LogP contribution < -0.4 is 5.56 Å². The van der Waals surface area contributed by atoms with E-state index in [0.29, 0.717) is 49.6 Å². The summed E-state index contributed by atoms with van der Waals surface area (Å²) in [7, 11) is 0. The van der Waals surface area contributed by atoms with Crippen LogP contribution in [-0.2, 0) is 28.9 Å². The van der Waals surface area contributed by atoms with Gasteiger partial charge in [-0.15, -0.1) is 0 Å². The van der Waals surface area contributed by atoms with Gasteiger partial charge in [0.05, 0.1) is 24.3 Å². The molecule has 2 aromatic heterocycles. The molecule has 0 spiro atoms. The molecule has 9 heteroatoms. The van der Waals surface area contributed by atoms with Gasteiger partial charge in [-0.25, -0.2) is 4.68 Å². The van der Waals surface area contributed by atoms with Crippen molar-refractivity contribution >= 4 is 16.7 Å². The summed E-state index contributed by atoms with van der Waals surface area (Å²) in [6.07, 6.45) is 2.55. The molecule has 1 aromatic carbocycles. The predicted molar refractivity (Wildman–Crippen MR) is 99.7 cm³/mol. The van der Waals surface area contributed by atoms with Crippen LogP contribution >= 0.6 is 0 Å². The fourth-order valence-electron chi connectivity index (χ4n) is 3.26. The molecule has 3 aromatic rings. The minimum atomic E-state index is -0.268. The highest BCUT2D eigenvalue weighted by Gasteiger charge is 2.26. The van der Waals surface area contributed by atoms with Crippen molar-refractivity contribution in [1.82, 2.24) is 24.8 Å². The van der Waals surface area contributed by atoms with E-state index in [1.54, 1.807) is 23.2 Å². The van der Waals surface area contributed by atoms with Crippen molar-refractivity contribution in [1.29, 1.82) is 0 Å². The molecule has 1 aliphatic heterocycles. The Morgan fingerprint density at radius 1 is 1.32 bits per heavy atom. The molecule has 9 nitrogen and oxygen atoms in total. The van der Waals surface area contributed by atoms with E-state index in [1.165, 1.54) is 4.68 Å². The second kappa shape index (κ2) is 7.89. The number of carbonyl (C=O) groups excluding carboxylic acids is 1. The van der Waals surface area contributed by atoms with E-state index >= 15 is 0 Å². The Balaban J connectivity index is 1.43. The number of nitrogens with zero attached hydrogens (tertiary/aromatic N) is 5. The van der Waals surface area contributed by atoms with E-state index < -0.39 is 0 Å². The van der Waals surface area contributed by atoms with Crippen LogP contribution in [0, 0.1) is 0 Å². The Hall–Kier alpha value is -3.07. The molecule has 146 valence electrons. The van der Waals surface area contributed by atoms with Gasteiger partial charge < -0.3 is 14.2 Å². The number of hydrogen-bond donors (Lipinski definition) is 0.